The van der Waals surface area contributed by atoms with Crippen LogP contribution in [0.25, 0.3) is 31.7 Å². The normalized spacial score (nSPS) is 11.2. The van der Waals surface area contributed by atoms with Gasteiger partial charge in [0.2, 0.25) is 5.91 Å². The lowest BCUT2D eigenvalue weighted by atomic mass is 10.1. The van der Waals surface area contributed by atoms with Gasteiger partial charge in [-0.05, 0) is 43.2 Å². The number of carbonyl (C=O) groups is 1. The van der Waals surface area contributed by atoms with Crippen LogP contribution in [0.15, 0.2) is 71.8 Å². The molecule has 3 aromatic heterocycles. The number of nitrogens with zero attached hydrogens (tertiary/aromatic N) is 3. The highest BCUT2D eigenvalue weighted by Gasteiger charge is 2.15. The molecule has 1 N–H and O–H groups in total. The molecule has 0 aliphatic rings. The topological polar surface area (TPSA) is 76.9 Å². The van der Waals surface area contributed by atoms with Crippen LogP contribution in [0.2, 0.25) is 0 Å². The molecule has 32 heavy (non-hydrogen) atoms. The summed E-state index contributed by atoms with van der Waals surface area (Å²) in [7, 11) is 0. The lowest BCUT2D eigenvalue weighted by Gasteiger charge is -2.10. The third-order valence-electron chi connectivity index (χ3n) is 5.36. The number of thiophene rings is 1. The van der Waals surface area contributed by atoms with Crippen molar-refractivity contribution < 1.29 is 4.79 Å². The number of nitrogens with one attached hydrogen (secondary N) is 1. The molecule has 0 fully saturated rings. The monoisotopic (exact) mass is 440 g/mol. The molecule has 0 radical (unpaired) electrons. The van der Waals surface area contributed by atoms with Crippen molar-refractivity contribution in [1.29, 1.82) is 0 Å². The van der Waals surface area contributed by atoms with Crippen LogP contribution < -0.4 is 10.9 Å². The van der Waals surface area contributed by atoms with E-state index < -0.39 is 0 Å². The van der Waals surface area contributed by atoms with Crippen LogP contribution in [0, 0.1) is 13.8 Å². The van der Waals surface area contributed by atoms with Crippen molar-refractivity contribution in [2.75, 3.05) is 5.32 Å². The van der Waals surface area contributed by atoms with Crippen LogP contribution in [0.5, 0.6) is 0 Å². The van der Waals surface area contributed by atoms with E-state index in [1.165, 1.54) is 22.2 Å². The standard InChI is InChI=1S/C25H20N4O2S/c1-15-8-9-16(2)20(12-15)27-21(30)13-29-14-26-22-18-10-11-19(17-6-4-3-5-7-17)28-24(18)32-23(22)25(29)31/h3-12,14H,13H2,1-2H3,(H,27,30). The highest BCUT2D eigenvalue weighted by molar-refractivity contribution is 7.25. The number of hydrogen-bond acceptors (Lipinski definition) is 5. The van der Waals surface area contributed by atoms with Crippen LogP contribution in [-0.4, -0.2) is 20.4 Å². The van der Waals surface area contributed by atoms with E-state index in [9.17, 15) is 9.59 Å². The third kappa shape index (κ3) is 3.67. The predicted octanol–water partition coefficient (Wildman–Crippen LogP) is 4.93. The quantitative estimate of drug-likeness (QED) is 0.430. The third-order valence-corrected chi connectivity index (χ3v) is 6.44. The zero-order valence-corrected chi connectivity index (χ0v) is 18.4. The van der Waals surface area contributed by atoms with E-state index in [1.54, 1.807) is 0 Å². The minimum Gasteiger partial charge on any atom is -0.324 e. The molecule has 2 aromatic carbocycles. The maximum absolute atomic E-state index is 13.1. The molecule has 6 nitrogen and oxygen atoms in total. The van der Waals surface area contributed by atoms with Gasteiger partial charge in [0.05, 0.1) is 17.5 Å². The lowest BCUT2D eigenvalue weighted by molar-refractivity contribution is -0.116. The van der Waals surface area contributed by atoms with Gasteiger partial charge in [-0.25, -0.2) is 9.97 Å². The molecular weight excluding hydrogens is 420 g/mol. The minimum atomic E-state index is -0.271. The molecule has 0 unspecified atom stereocenters. The van der Waals surface area contributed by atoms with Gasteiger partial charge in [-0.2, -0.15) is 0 Å². The van der Waals surface area contributed by atoms with Crippen LogP contribution in [-0.2, 0) is 11.3 Å². The molecule has 7 heteroatoms. The molecular formula is C25H20N4O2S. The average Bonchev–Trinajstić information content (AvgIpc) is 3.17. The minimum absolute atomic E-state index is 0.105. The van der Waals surface area contributed by atoms with Gasteiger partial charge in [0.25, 0.3) is 5.56 Å². The van der Waals surface area contributed by atoms with E-state index in [-0.39, 0.29) is 18.0 Å². The van der Waals surface area contributed by atoms with E-state index in [0.717, 1.165) is 38.3 Å². The van der Waals surface area contributed by atoms with Gasteiger partial charge in [0.15, 0.2) is 0 Å². The van der Waals surface area contributed by atoms with Crippen LogP contribution in [0.3, 0.4) is 0 Å². The number of aryl methyl sites for hydroxylation is 2. The van der Waals surface area contributed by atoms with Crippen molar-refractivity contribution in [3.8, 4) is 11.3 Å². The molecule has 0 spiro atoms. The highest BCUT2D eigenvalue weighted by atomic mass is 32.1. The van der Waals surface area contributed by atoms with Crippen LogP contribution in [0.4, 0.5) is 5.69 Å². The fourth-order valence-electron chi connectivity index (χ4n) is 3.65. The van der Waals surface area contributed by atoms with Crippen LogP contribution >= 0.6 is 11.3 Å². The average molecular weight is 441 g/mol. The van der Waals surface area contributed by atoms with Gasteiger partial charge in [0, 0.05) is 16.6 Å². The fourth-order valence-corrected chi connectivity index (χ4v) is 4.72. The Labute approximate surface area is 188 Å². The number of rotatable bonds is 4. The number of carbonyl (C=O) groups excluding carboxylic acids is 1. The van der Waals surface area contributed by atoms with Crippen molar-refractivity contribution >= 4 is 43.4 Å². The first kappa shape index (κ1) is 20.1. The van der Waals surface area contributed by atoms with E-state index in [1.807, 2.05) is 74.5 Å². The molecule has 0 bridgehead atoms. The van der Waals surface area contributed by atoms with Gasteiger partial charge in [-0.15, -0.1) is 11.3 Å². The molecule has 0 saturated carbocycles. The van der Waals surface area contributed by atoms with Gasteiger partial charge >= 0.3 is 0 Å². The molecule has 5 aromatic rings. The Morgan fingerprint density at radius 1 is 1.06 bits per heavy atom. The fraction of sp³-hybridized carbons (Fsp3) is 0.120. The lowest BCUT2D eigenvalue weighted by Crippen LogP contribution is -2.27. The Balaban J connectivity index is 1.48. The molecule has 3 heterocycles. The summed E-state index contributed by atoms with van der Waals surface area (Å²) in [6.07, 6.45) is 1.44. The van der Waals surface area contributed by atoms with Crippen molar-refractivity contribution in [3.63, 3.8) is 0 Å². The largest absolute Gasteiger partial charge is 0.324 e. The van der Waals surface area contributed by atoms with Crippen LogP contribution in [0.1, 0.15) is 11.1 Å². The summed E-state index contributed by atoms with van der Waals surface area (Å²) in [5, 5.41) is 3.73. The number of amides is 1. The maximum atomic E-state index is 13.1. The van der Waals surface area contributed by atoms with Gasteiger partial charge in [0.1, 0.15) is 16.1 Å². The summed E-state index contributed by atoms with van der Waals surface area (Å²) in [6, 6.07) is 19.7. The molecule has 158 valence electrons. The molecule has 0 saturated heterocycles. The second kappa shape index (κ2) is 8.01. The van der Waals surface area contributed by atoms with Crippen molar-refractivity contribution in [1.82, 2.24) is 14.5 Å². The van der Waals surface area contributed by atoms with Gasteiger partial charge < -0.3 is 5.32 Å². The predicted molar refractivity (Wildman–Crippen MR) is 129 cm³/mol. The Bertz CT molecular complexity index is 1540. The Kier molecular flexibility index (Phi) is 5.03. The zero-order valence-electron chi connectivity index (χ0n) is 17.6. The maximum Gasteiger partial charge on any atom is 0.271 e. The molecule has 0 atom stereocenters. The first-order valence-electron chi connectivity index (χ1n) is 10.2. The Morgan fingerprint density at radius 3 is 2.69 bits per heavy atom. The second-order valence-corrected chi connectivity index (χ2v) is 8.74. The zero-order chi connectivity index (χ0) is 22.2. The summed E-state index contributed by atoms with van der Waals surface area (Å²) in [6.45, 7) is 3.80. The van der Waals surface area contributed by atoms with E-state index >= 15 is 0 Å². The molecule has 0 aliphatic heterocycles. The highest BCUT2D eigenvalue weighted by Crippen LogP contribution is 2.31. The Morgan fingerprint density at radius 2 is 1.88 bits per heavy atom. The SMILES string of the molecule is Cc1ccc(C)c(NC(=O)Cn2cnc3c(sc4nc(-c5ccccc5)ccc43)c2=O)c1. The number of pyridine rings is 1. The second-order valence-electron chi connectivity index (χ2n) is 7.74. The number of fused-ring (bicyclic) bond motifs is 3. The van der Waals surface area contributed by atoms with Crippen molar-refractivity contribution in [2.24, 2.45) is 0 Å². The summed E-state index contributed by atoms with van der Waals surface area (Å²) in [5.74, 6) is -0.271. The first-order chi connectivity index (χ1) is 15.5. The number of hydrogen-bond donors (Lipinski definition) is 1. The molecule has 0 aliphatic carbocycles. The van der Waals surface area contributed by atoms with Gasteiger partial charge in [-0.3, -0.25) is 14.2 Å². The van der Waals surface area contributed by atoms with E-state index in [4.69, 9.17) is 4.98 Å². The number of benzene rings is 2. The summed E-state index contributed by atoms with van der Waals surface area (Å²) in [5.41, 5.74) is 5.01. The first-order valence-corrected chi connectivity index (χ1v) is 11.0. The molecule has 1 amide bonds. The van der Waals surface area contributed by atoms with E-state index in [2.05, 4.69) is 10.3 Å². The smallest absolute Gasteiger partial charge is 0.271 e. The Hall–Kier alpha value is -3.84. The van der Waals surface area contributed by atoms with Crippen molar-refractivity contribution in [3.05, 3.63) is 88.5 Å². The summed E-state index contributed by atoms with van der Waals surface area (Å²) >= 11 is 1.31. The number of anilines is 1. The molecule has 5 rings (SSSR count). The summed E-state index contributed by atoms with van der Waals surface area (Å²) in [4.78, 5) is 35.7. The van der Waals surface area contributed by atoms with E-state index in [0.29, 0.717) is 10.2 Å². The van der Waals surface area contributed by atoms with Gasteiger partial charge in [-0.1, -0.05) is 42.5 Å². The van der Waals surface area contributed by atoms with Crippen molar-refractivity contribution in [2.45, 2.75) is 20.4 Å². The summed E-state index contributed by atoms with van der Waals surface area (Å²) < 4.78 is 1.84. The number of aromatic nitrogens is 3.